The Hall–Kier alpha value is -1.91. The maximum absolute atomic E-state index is 5.43. The summed E-state index contributed by atoms with van der Waals surface area (Å²) < 4.78 is 0. The molecule has 5 nitrogen and oxygen atoms in total. The van der Waals surface area contributed by atoms with Gasteiger partial charge in [-0.05, 0) is 30.9 Å². The van der Waals surface area contributed by atoms with E-state index in [1.165, 1.54) is 0 Å². The Balaban J connectivity index is 2.20. The molecule has 1 aliphatic rings. The molecule has 0 unspecified atom stereocenters. The zero-order valence-corrected chi connectivity index (χ0v) is 12.7. The predicted octanol–water partition coefficient (Wildman–Crippen LogP) is 1.99. The molecule has 20 heavy (non-hydrogen) atoms. The molecule has 2 N–H and O–H groups in total. The van der Waals surface area contributed by atoms with E-state index in [2.05, 4.69) is 39.9 Å². The average molecular weight is 273 g/mol. The Kier molecular flexibility index (Phi) is 4.06. The minimum Gasteiger partial charge on any atom is -0.369 e. The standard InChI is InChI=1S/C15H23N5/c1-5-17-8-13(19-16)14-11(2)6-12(7-18-14)20-9-15(3,4)10-20/h6-8H,5,9-10,16H2,1-4H3/b17-8?,19-13+. The molecule has 0 amide bonds. The number of anilines is 1. The molecule has 5 heteroatoms. The average Bonchev–Trinajstić information content (AvgIpc) is 2.38. The summed E-state index contributed by atoms with van der Waals surface area (Å²) in [5.41, 5.74) is 4.06. The highest BCUT2D eigenvalue weighted by Gasteiger charge is 2.34. The molecular formula is C15H23N5. The molecule has 0 radical (unpaired) electrons. The van der Waals surface area contributed by atoms with E-state index in [9.17, 15) is 0 Å². The molecule has 0 atom stereocenters. The van der Waals surface area contributed by atoms with Crippen molar-refractivity contribution in [2.24, 2.45) is 21.4 Å². The summed E-state index contributed by atoms with van der Waals surface area (Å²) in [7, 11) is 0. The van der Waals surface area contributed by atoms with E-state index in [1.807, 2.05) is 20.0 Å². The second-order valence-electron chi connectivity index (χ2n) is 6.02. The third-order valence-electron chi connectivity index (χ3n) is 3.44. The van der Waals surface area contributed by atoms with Crippen molar-refractivity contribution in [2.75, 3.05) is 24.5 Å². The van der Waals surface area contributed by atoms with Gasteiger partial charge in [-0.3, -0.25) is 9.98 Å². The van der Waals surface area contributed by atoms with Crippen LogP contribution in [0, 0.1) is 12.3 Å². The summed E-state index contributed by atoms with van der Waals surface area (Å²) in [5.74, 6) is 5.43. The van der Waals surface area contributed by atoms with Gasteiger partial charge >= 0.3 is 0 Å². The number of rotatable bonds is 4. The predicted molar refractivity (Wildman–Crippen MR) is 84.7 cm³/mol. The van der Waals surface area contributed by atoms with Crippen LogP contribution in [-0.2, 0) is 0 Å². The van der Waals surface area contributed by atoms with Crippen molar-refractivity contribution in [2.45, 2.75) is 27.7 Å². The summed E-state index contributed by atoms with van der Waals surface area (Å²) in [6.07, 6.45) is 3.57. The minimum atomic E-state index is 0.407. The molecule has 1 aliphatic heterocycles. The molecule has 108 valence electrons. The fourth-order valence-corrected chi connectivity index (χ4v) is 2.50. The van der Waals surface area contributed by atoms with E-state index in [4.69, 9.17) is 5.84 Å². The van der Waals surface area contributed by atoms with E-state index in [0.29, 0.717) is 17.7 Å². The van der Waals surface area contributed by atoms with E-state index in [-0.39, 0.29) is 0 Å². The summed E-state index contributed by atoms with van der Waals surface area (Å²) in [6, 6.07) is 2.14. The van der Waals surface area contributed by atoms with E-state index < -0.39 is 0 Å². The van der Waals surface area contributed by atoms with Gasteiger partial charge in [0.05, 0.1) is 23.8 Å². The lowest BCUT2D eigenvalue weighted by Gasteiger charge is -2.47. The summed E-state index contributed by atoms with van der Waals surface area (Å²) >= 11 is 0. The Bertz CT molecular complexity index is 537. The fourth-order valence-electron chi connectivity index (χ4n) is 2.50. The van der Waals surface area contributed by atoms with Crippen LogP contribution in [0.4, 0.5) is 5.69 Å². The molecule has 0 spiro atoms. The van der Waals surface area contributed by atoms with Crippen LogP contribution in [0.15, 0.2) is 22.4 Å². The number of aromatic nitrogens is 1. The van der Waals surface area contributed by atoms with Gasteiger partial charge in [0.2, 0.25) is 0 Å². The van der Waals surface area contributed by atoms with E-state index in [0.717, 1.165) is 30.0 Å². The van der Waals surface area contributed by atoms with Crippen LogP contribution >= 0.6 is 0 Å². The zero-order valence-electron chi connectivity index (χ0n) is 12.7. The van der Waals surface area contributed by atoms with Crippen LogP contribution in [0.1, 0.15) is 32.0 Å². The summed E-state index contributed by atoms with van der Waals surface area (Å²) in [6.45, 7) is 11.4. The first-order valence-corrected chi connectivity index (χ1v) is 6.96. The van der Waals surface area contributed by atoms with Gasteiger partial charge in [-0.25, -0.2) is 0 Å². The first-order valence-electron chi connectivity index (χ1n) is 6.96. The number of pyridine rings is 1. The largest absolute Gasteiger partial charge is 0.369 e. The molecule has 0 saturated carbocycles. The Morgan fingerprint density at radius 1 is 1.50 bits per heavy atom. The molecule has 2 rings (SSSR count). The van der Waals surface area contributed by atoms with Crippen molar-refractivity contribution in [3.8, 4) is 0 Å². The molecule has 1 fully saturated rings. The SMILES string of the molecule is CCN=C/C(=N\N)c1ncc(N2CC(C)(C)C2)cc1C. The quantitative estimate of drug-likeness (QED) is 0.518. The lowest BCUT2D eigenvalue weighted by atomic mass is 9.84. The maximum atomic E-state index is 5.43. The van der Waals surface area contributed by atoms with Gasteiger partial charge in [-0.2, -0.15) is 5.10 Å². The second kappa shape index (κ2) is 5.61. The van der Waals surface area contributed by atoms with Crippen LogP contribution in [0.5, 0.6) is 0 Å². The van der Waals surface area contributed by atoms with Gasteiger partial charge in [0.1, 0.15) is 5.71 Å². The van der Waals surface area contributed by atoms with Crippen molar-refractivity contribution in [1.82, 2.24) is 4.98 Å². The zero-order chi connectivity index (χ0) is 14.8. The maximum Gasteiger partial charge on any atom is 0.126 e. The Morgan fingerprint density at radius 2 is 2.20 bits per heavy atom. The van der Waals surface area contributed by atoms with Crippen LogP contribution < -0.4 is 10.7 Å². The first kappa shape index (κ1) is 14.5. The Labute approximate surface area is 120 Å². The monoisotopic (exact) mass is 273 g/mol. The molecule has 1 aromatic heterocycles. The number of hydrogen-bond acceptors (Lipinski definition) is 5. The third kappa shape index (κ3) is 2.98. The molecule has 0 aromatic carbocycles. The summed E-state index contributed by atoms with van der Waals surface area (Å²) in [4.78, 5) is 11.0. The smallest absolute Gasteiger partial charge is 0.126 e. The highest BCUT2D eigenvalue weighted by molar-refractivity contribution is 6.37. The van der Waals surface area contributed by atoms with Gasteiger partial charge in [0, 0.05) is 19.6 Å². The lowest BCUT2D eigenvalue weighted by Crippen LogP contribution is -2.53. The van der Waals surface area contributed by atoms with Crippen molar-refractivity contribution >= 4 is 17.6 Å². The van der Waals surface area contributed by atoms with Crippen LogP contribution in [0.25, 0.3) is 0 Å². The first-order chi connectivity index (χ1) is 9.46. The van der Waals surface area contributed by atoms with E-state index in [1.54, 1.807) is 6.21 Å². The number of aliphatic imine (C=N–C) groups is 1. The van der Waals surface area contributed by atoms with Crippen LogP contribution in [0.3, 0.4) is 0 Å². The highest BCUT2D eigenvalue weighted by atomic mass is 15.2. The van der Waals surface area contributed by atoms with Crippen molar-refractivity contribution in [3.05, 3.63) is 23.5 Å². The van der Waals surface area contributed by atoms with Crippen molar-refractivity contribution < 1.29 is 0 Å². The highest BCUT2D eigenvalue weighted by Crippen LogP contribution is 2.33. The van der Waals surface area contributed by atoms with Crippen molar-refractivity contribution in [1.29, 1.82) is 0 Å². The second-order valence-corrected chi connectivity index (χ2v) is 6.02. The number of hydrogen-bond donors (Lipinski definition) is 1. The normalized spacial score (nSPS) is 18.4. The van der Waals surface area contributed by atoms with Gasteiger partial charge in [0.15, 0.2) is 0 Å². The molecular weight excluding hydrogens is 250 g/mol. The molecule has 2 heterocycles. The number of hydrazone groups is 1. The third-order valence-corrected chi connectivity index (χ3v) is 3.44. The van der Waals surface area contributed by atoms with Gasteiger partial charge < -0.3 is 10.7 Å². The fraction of sp³-hybridized carbons (Fsp3) is 0.533. The number of nitrogens with zero attached hydrogens (tertiary/aromatic N) is 4. The van der Waals surface area contributed by atoms with E-state index >= 15 is 0 Å². The molecule has 1 saturated heterocycles. The number of aryl methyl sites for hydroxylation is 1. The topological polar surface area (TPSA) is 66.9 Å². The number of nitrogens with two attached hydrogens (primary N) is 1. The lowest BCUT2D eigenvalue weighted by molar-refractivity contribution is 0.276. The molecule has 0 aliphatic carbocycles. The summed E-state index contributed by atoms with van der Waals surface area (Å²) in [5, 5.41) is 3.78. The van der Waals surface area contributed by atoms with Crippen molar-refractivity contribution in [3.63, 3.8) is 0 Å². The van der Waals surface area contributed by atoms with Gasteiger partial charge in [-0.1, -0.05) is 13.8 Å². The molecule has 0 bridgehead atoms. The van der Waals surface area contributed by atoms with Gasteiger partial charge in [-0.15, -0.1) is 0 Å². The van der Waals surface area contributed by atoms with Crippen LogP contribution in [0.2, 0.25) is 0 Å². The van der Waals surface area contributed by atoms with Crippen LogP contribution in [-0.4, -0.2) is 36.5 Å². The van der Waals surface area contributed by atoms with Gasteiger partial charge in [0.25, 0.3) is 0 Å². The Morgan fingerprint density at radius 3 is 2.70 bits per heavy atom. The minimum absolute atomic E-state index is 0.407. The molecule has 1 aromatic rings.